The molecule has 0 saturated carbocycles. The molecule has 1 heterocycles. The van der Waals surface area contributed by atoms with Crippen LogP contribution < -0.4 is 10.6 Å². The van der Waals surface area contributed by atoms with Crippen LogP contribution >= 0.6 is 0 Å². The maximum Gasteiger partial charge on any atom is 0.338 e. The van der Waals surface area contributed by atoms with Crippen LogP contribution in [0.15, 0.2) is 78.9 Å². The van der Waals surface area contributed by atoms with Crippen molar-refractivity contribution in [1.29, 1.82) is 0 Å². The van der Waals surface area contributed by atoms with E-state index in [4.69, 9.17) is 10.5 Å². The lowest BCUT2D eigenvalue weighted by Crippen LogP contribution is -2.37. The Labute approximate surface area is 207 Å². The van der Waals surface area contributed by atoms with Crippen LogP contribution in [0.1, 0.15) is 43.1 Å². The van der Waals surface area contributed by atoms with E-state index in [0.29, 0.717) is 22.4 Å². The molecule has 4 amide bonds. The molecule has 0 fully saturated rings. The van der Waals surface area contributed by atoms with Crippen molar-refractivity contribution in [2.45, 2.75) is 13.0 Å². The highest BCUT2D eigenvalue weighted by molar-refractivity contribution is 6.21. The minimum absolute atomic E-state index is 0.0126. The van der Waals surface area contributed by atoms with Gasteiger partial charge in [0.15, 0.2) is 6.61 Å². The lowest BCUT2D eigenvalue weighted by atomic mass is 10.1. The lowest BCUT2D eigenvalue weighted by Gasteiger charge is -2.22. The maximum absolute atomic E-state index is 12.8. The zero-order valence-corrected chi connectivity index (χ0v) is 19.3. The molecule has 0 spiro atoms. The molecule has 2 N–H and O–H groups in total. The van der Waals surface area contributed by atoms with Crippen LogP contribution in [0.5, 0.6) is 0 Å². The SMILES string of the molecule is NC(=O)CCN(C(=O)COC(=O)c1cccc(CN2C(=O)c3ccccc3C2=O)c1)c1ccccc1. The fourth-order valence-corrected chi connectivity index (χ4v) is 3.88. The molecular formula is C27H23N3O6. The van der Waals surface area contributed by atoms with Gasteiger partial charge in [0.25, 0.3) is 17.7 Å². The Morgan fingerprint density at radius 2 is 1.47 bits per heavy atom. The van der Waals surface area contributed by atoms with Gasteiger partial charge in [-0.15, -0.1) is 0 Å². The summed E-state index contributed by atoms with van der Waals surface area (Å²) in [6.45, 7) is -0.512. The number of primary amides is 1. The largest absolute Gasteiger partial charge is 0.452 e. The average Bonchev–Trinajstić information content (AvgIpc) is 3.13. The van der Waals surface area contributed by atoms with E-state index in [0.717, 1.165) is 4.90 Å². The molecule has 0 bridgehead atoms. The molecule has 1 aliphatic rings. The van der Waals surface area contributed by atoms with Gasteiger partial charge in [-0.1, -0.05) is 42.5 Å². The van der Waals surface area contributed by atoms with E-state index in [2.05, 4.69) is 0 Å². The van der Waals surface area contributed by atoms with E-state index in [1.54, 1.807) is 66.7 Å². The van der Waals surface area contributed by atoms with Crippen molar-refractivity contribution in [2.75, 3.05) is 18.1 Å². The van der Waals surface area contributed by atoms with Crippen molar-refractivity contribution in [3.63, 3.8) is 0 Å². The normalized spacial score (nSPS) is 12.3. The van der Waals surface area contributed by atoms with Crippen molar-refractivity contribution in [2.24, 2.45) is 5.73 Å². The number of nitrogens with zero attached hydrogens (tertiary/aromatic N) is 2. The Morgan fingerprint density at radius 1 is 0.833 bits per heavy atom. The molecule has 0 aromatic heterocycles. The van der Waals surface area contributed by atoms with Crippen molar-refractivity contribution >= 4 is 35.3 Å². The van der Waals surface area contributed by atoms with Gasteiger partial charge in [-0.25, -0.2) is 4.79 Å². The number of rotatable bonds is 9. The Morgan fingerprint density at radius 3 is 2.11 bits per heavy atom. The number of fused-ring (bicyclic) bond motifs is 1. The second kappa shape index (κ2) is 10.6. The second-order valence-electron chi connectivity index (χ2n) is 8.12. The molecule has 0 atom stereocenters. The number of amides is 4. The molecule has 4 rings (SSSR count). The maximum atomic E-state index is 12.8. The van der Waals surface area contributed by atoms with Crippen LogP contribution in [-0.2, 0) is 20.9 Å². The Bertz CT molecular complexity index is 1300. The zero-order chi connectivity index (χ0) is 25.7. The number of benzene rings is 3. The summed E-state index contributed by atoms with van der Waals surface area (Å²) in [5.41, 5.74) is 7.18. The first kappa shape index (κ1) is 24.3. The van der Waals surface area contributed by atoms with Crippen LogP contribution in [0.25, 0.3) is 0 Å². The minimum Gasteiger partial charge on any atom is -0.452 e. The fourth-order valence-electron chi connectivity index (χ4n) is 3.88. The van der Waals surface area contributed by atoms with Gasteiger partial charge >= 0.3 is 5.97 Å². The first-order valence-electron chi connectivity index (χ1n) is 11.2. The molecule has 9 heteroatoms. The monoisotopic (exact) mass is 485 g/mol. The fraction of sp³-hybridized carbons (Fsp3) is 0.148. The molecule has 3 aromatic rings. The predicted octanol–water partition coefficient (Wildman–Crippen LogP) is 2.55. The topological polar surface area (TPSA) is 127 Å². The molecule has 36 heavy (non-hydrogen) atoms. The van der Waals surface area contributed by atoms with E-state index < -0.39 is 36.2 Å². The summed E-state index contributed by atoms with van der Waals surface area (Å²) in [6, 6.07) is 21.6. The number of esters is 1. The number of carbonyl (C=O) groups is 5. The van der Waals surface area contributed by atoms with Gasteiger partial charge in [0.05, 0.1) is 23.2 Å². The molecule has 1 aliphatic heterocycles. The highest BCUT2D eigenvalue weighted by Crippen LogP contribution is 2.24. The van der Waals surface area contributed by atoms with Gasteiger partial charge in [0, 0.05) is 18.7 Å². The van der Waals surface area contributed by atoms with Gasteiger partial charge in [0.1, 0.15) is 0 Å². The zero-order valence-electron chi connectivity index (χ0n) is 19.3. The number of imide groups is 1. The van der Waals surface area contributed by atoms with E-state index in [-0.39, 0.29) is 25.1 Å². The molecule has 182 valence electrons. The highest BCUT2D eigenvalue weighted by Gasteiger charge is 2.35. The highest BCUT2D eigenvalue weighted by atomic mass is 16.5. The van der Waals surface area contributed by atoms with Gasteiger partial charge in [0.2, 0.25) is 5.91 Å². The van der Waals surface area contributed by atoms with Crippen LogP contribution in [0.3, 0.4) is 0 Å². The summed E-state index contributed by atoms with van der Waals surface area (Å²) >= 11 is 0. The number of hydrogen-bond donors (Lipinski definition) is 1. The third kappa shape index (κ3) is 5.30. The van der Waals surface area contributed by atoms with Crippen LogP contribution in [0.2, 0.25) is 0 Å². The number of ether oxygens (including phenoxy) is 1. The first-order valence-corrected chi connectivity index (χ1v) is 11.2. The number of para-hydroxylation sites is 1. The van der Waals surface area contributed by atoms with Crippen LogP contribution in [-0.4, -0.2) is 47.6 Å². The predicted molar refractivity (Wildman–Crippen MR) is 130 cm³/mol. The van der Waals surface area contributed by atoms with Gasteiger partial charge in [-0.3, -0.25) is 24.1 Å². The standard InChI is InChI=1S/C27H23N3O6/c28-23(31)13-14-29(20-9-2-1-3-10-20)24(32)17-36-27(35)19-8-6-7-18(15-19)16-30-25(33)21-11-4-5-12-22(21)26(30)34/h1-12,15H,13-14,16-17H2,(H2,28,31). The Balaban J connectivity index is 1.41. The molecule has 9 nitrogen and oxygen atoms in total. The van der Waals surface area contributed by atoms with E-state index in [1.807, 2.05) is 0 Å². The van der Waals surface area contributed by atoms with Crippen molar-refractivity contribution in [1.82, 2.24) is 4.90 Å². The molecule has 0 unspecified atom stereocenters. The summed E-state index contributed by atoms with van der Waals surface area (Å²) in [7, 11) is 0. The molecular weight excluding hydrogens is 462 g/mol. The number of nitrogens with two attached hydrogens (primary N) is 1. The van der Waals surface area contributed by atoms with Crippen LogP contribution in [0.4, 0.5) is 5.69 Å². The average molecular weight is 485 g/mol. The molecule has 0 saturated heterocycles. The second-order valence-corrected chi connectivity index (χ2v) is 8.12. The Kier molecular flexibility index (Phi) is 7.20. The van der Waals surface area contributed by atoms with Gasteiger partial charge in [-0.05, 0) is 42.0 Å². The summed E-state index contributed by atoms with van der Waals surface area (Å²) in [5.74, 6) is -2.61. The third-order valence-corrected chi connectivity index (χ3v) is 5.66. The lowest BCUT2D eigenvalue weighted by molar-refractivity contribution is -0.121. The summed E-state index contributed by atoms with van der Waals surface area (Å²) in [4.78, 5) is 64.4. The van der Waals surface area contributed by atoms with Gasteiger partial charge in [-0.2, -0.15) is 0 Å². The molecule has 3 aromatic carbocycles. The van der Waals surface area contributed by atoms with Crippen molar-refractivity contribution < 1.29 is 28.7 Å². The first-order chi connectivity index (χ1) is 17.3. The van der Waals surface area contributed by atoms with Crippen LogP contribution in [0, 0.1) is 0 Å². The molecule has 0 radical (unpaired) electrons. The van der Waals surface area contributed by atoms with E-state index >= 15 is 0 Å². The van der Waals surface area contributed by atoms with Crippen molar-refractivity contribution in [3.05, 3.63) is 101 Å². The number of hydrogen-bond acceptors (Lipinski definition) is 6. The number of carbonyl (C=O) groups excluding carboxylic acids is 5. The quantitative estimate of drug-likeness (QED) is 0.367. The van der Waals surface area contributed by atoms with Gasteiger partial charge < -0.3 is 15.4 Å². The van der Waals surface area contributed by atoms with E-state index in [9.17, 15) is 24.0 Å². The third-order valence-electron chi connectivity index (χ3n) is 5.66. The number of anilines is 1. The smallest absolute Gasteiger partial charge is 0.338 e. The van der Waals surface area contributed by atoms with Crippen molar-refractivity contribution in [3.8, 4) is 0 Å². The Hall–Kier alpha value is -4.79. The molecule has 0 aliphatic carbocycles. The summed E-state index contributed by atoms with van der Waals surface area (Å²) < 4.78 is 5.22. The summed E-state index contributed by atoms with van der Waals surface area (Å²) in [6.07, 6.45) is -0.0472. The van der Waals surface area contributed by atoms with E-state index in [1.165, 1.54) is 17.0 Å². The minimum atomic E-state index is -0.740. The summed E-state index contributed by atoms with van der Waals surface area (Å²) in [5, 5.41) is 0.